The van der Waals surface area contributed by atoms with E-state index in [2.05, 4.69) is 17.2 Å². The largest absolute Gasteiger partial charge is 0.480 e. The number of nitrogens with one attached hydrogen (secondary N) is 1. The predicted octanol–water partition coefficient (Wildman–Crippen LogP) is 7.32. The molecule has 9 nitrogen and oxygen atoms in total. The molecule has 2 N–H and O–H groups in total. The molecule has 230 valence electrons. The highest BCUT2D eigenvalue weighted by Crippen LogP contribution is 2.44. The lowest BCUT2D eigenvalue weighted by Gasteiger charge is -2.17. The molecule has 9 heteroatoms. The first kappa shape index (κ1) is 31.8. The number of unbranched alkanes of at least 4 members (excludes halogenated alkanes) is 9. The number of imidazole rings is 1. The molecule has 3 aromatic rings. The lowest BCUT2D eigenvalue weighted by molar-refractivity contribution is -0.139. The number of amides is 1. The van der Waals surface area contributed by atoms with Crippen molar-refractivity contribution >= 4 is 18.2 Å². The topological polar surface area (TPSA) is 120 Å². The Balaban J connectivity index is 1.18. The normalized spacial score (nSPS) is 12.8. The van der Waals surface area contributed by atoms with Gasteiger partial charge in [0, 0.05) is 18.5 Å². The number of nitrogens with zero attached hydrogens (tertiary/aromatic N) is 2. The standard InChI is InChI=1S/C34H43N3O6/c1-2-3-4-5-6-7-8-9-10-15-20-42-34(41)37-22-25(35-24-37)21-31(32(38)39)36-33(40)43-23-30-28-18-13-11-16-26(28)27-17-12-14-19-29(27)30/h11-14,16-19,22,24,30-31H,2-10,15,20-21,23H2,1H3,(H,36,40)(H,38,39)/t31-/m1/s1. The highest BCUT2D eigenvalue weighted by atomic mass is 16.6. The minimum absolute atomic E-state index is 0.0751. The van der Waals surface area contributed by atoms with Gasteiger partial charge in [0.1, 0.15) is 19.0 Å². The fraction of sp³-hybridized carbons (Fsp3) is 0.471. The van der Waals surface area contributed by atoms with Crippen LogP contribution in [0.1, 0.15) is 93.9 Å². The molecule has 43 heavy (non-hydrogen) atoms. The van der Waals surface area contributed by atoms with Crippen LogP contribution in [0.15, 0.2) is 61.1 Å². The zero-order chi connectivity index (χ0) is 30.4. The van der Waals surface area contributed by atoms with Crippen molar-refractivity contribution in [1.82, 2.24) is 14.9 Å². The van der Waals surface area contributed by atoms with Crippen molar-refractivity contribution in [2.45, 2.75) is 89.5 Å². The van der Waals surface area contributed by atoms with Gasteiger partial charge in [0.25, 0.3) is 0 Å². The van der Waals surface area contributed by atoms with E-state index >= 15 is 0 Å². The Morgan fingerprint density at radius 2 is 1.44 bits per heavy atom. The number of benzene rings is 2. The van der Waals surface area contributed by atoms with Crippen molar-refractivity contribution in [2.24, 2.45) is 0 Å². The van der Waals surface area contributed by atoms with Gasteiger partial charge in [-0.15, -0.1) is 0 Å². The maximum atomic E-state index is 12.6. The van der Waals surface area contributed by atoms with Crippen LogP contribution in [-0.2, 0) is 20.7 Å². The maximum absolute atomic E-state index is 12.6. The van der Waals surface area contributed by atoms with Crippen molar-refractivity contribution in [3.63, 3.8) is 0 Å². The van der Waals surface area contributed by atoms with E-state index in [1.807, 2.05) is 48.5 Å². The predicted molar refractivity (Wildman–Crippen MR) is 164 cm³/mol. The molecule has 1 aliphatic rings. The first-order chi connectivity index (χ1) is 21.0. The molecule has 1 amide bonds. The number of hydrogen-bond donors (Lipinski definition) is 2. The number of alkyl carbamates (subject to hydrolysis) is 1. The summed E-state index contributed by atoms with van der Waals surface area (Å²) in [5, 5.41) is 12.1. The molecule has 0 bridgehead atoms. The molecule has 4 rings (SSSR count). The molecular formula is C34H43N3O6. The highest BCUT2D eigenvalue weighted by molar-refractivity contribution is 5.81. The summed E-state index contributed by atoms with van der Waals surface area (Å²) in [6, 6.07) is 14.7. The first-order valence-corrected chi connectivity index (χ1v) is 15.5. The van der Waals surface area contributed by atoms with Crippen molar-refractivity contribution in [1.29, 1.82) is 0 Å². The summed E-state index contributed by atoms with van der Waals surface area (Å²) in [7, 11) is 0. The van der Waals surface area contributed by atoms with E-state index in [1.165, 1.54) is 62.0 Å². The SMILES string of the molecule is CCCCCCCCCCCCOC(=O)n1cnc(C[C@@H](NC(=O)OCC2c3ccccc3-c3ccccc32)C(=O)O)c1. The fourth-order valence-electron chi connectivity index (χ4n) is 5.58. The number of aliphatic carboxylic acids is 1. The van der Waals surface area contributed by atoms with Crippen LogP contribution < -0.4 is 5.32 Å². The highest BCUT2D eigenvalue weighted by Gasteiger charge is 2.30. The summed E-state index contributed by atoms with van der Waals surface area (Å²) in [5.41, 5.74) is 4.68. The Morgan fingerprint density at radius 3 is 2.05 bits per heavy atom. The van der Waals surface area contributed by atoms with Gasteiger partial charge in [0.05, 0.1) is 12.3 Å². The van der Waals surface area contributed by atoms with E-state index in [0.717, 1.165) is 41.5 Å². The zero-order valence-electron chi connectivity index (χ0n) is 25.0. The van der Waals surface area contributed by atoms with Crippen LogP contribution >= 0.6 is 0 Å². The van der Waals surface area contributed by atoms with Gasteiger partial charge in [0.2, 0.25) is 0 Å². The van der Waals surface area contributed by atoms with Gasteiger partial charge >= 0.3 is 18.2 Å². The molecule has 1 atom stereocenters. The van der Waals surface area contributed by atoms with E-state index < -0.39 is 24.2 Å². The quantitative estimate of drug-likeness (QED) is 0.158. The Hall–Kier alpha value is -4.14. The molecule has 0 radical (unpaired) electrons. The first-order valence-electron chi connectivity index (χ1n) is 15.5. The number of carbonyl (C=O) groups excluding carboxylic acids is 2. The molecule has 1 aliphatic carbocycles. The van der Waals surface area contributed by atoms with E-state index in [-0.39, 0.29) is 18.9 Å². The summed E-state index contributed by atoms with van der Waals surface area (Å²) in [5.74, 6) is -1.37. The summed E-state index contributed by atoms with van der Waals surface area (Å²) in [6.45, 7) is 2.62. The number of rotatable bonds is 17. The second-order valence-corrected chi connectivity index (χ2v) is 11.1. The minimum atomic E-state index is -1.28. The Kier molecular flexibility index (Phi) is 12.2. The molecule has 0 fully saturated rings. The average molecular weight is 590 g/mol. The van der Waals surface area contributed by atoms with Crippen LogP contribution in [0, 0.1) is 0 Å². The van der Waals surface area contributed by atoms with Crippen LogP contribution in [0.4, 0.5) is 9.59 Å². The van der Waals surface area contributed by atoms with Gasteiger partial charge < -0.3 is 19.9 Å². The number of carbonyl (C=O) groups is 3. The number of fused-ring (bicyclic) bond motifs is 3. The Labute approximate surface area is 253 Å². The molecule has 0 saturated carbocycles. The van der Waals surface area contributed by atoms with Crippen LogP contribution in [0.3, 0.4) is 0 Å². The third-order valence-electron chi connectivity index (χ3n) is 7.92. The average Bonchev–Trinajstić information content (AvgIpc) is 3.61. The summed E-state index contributed by atoms with van der Waals surface area (Å²) < 4.78 is 12.0. The van der Waals surface area contributed by atoms with Gasteiger partial charge in [-0.3, -0.25) is 0 Å². The van der Waals surface area contributed by atoms with Gasteiger partial charge in [-0.2, -0.15) is 0 Å². The van der Waals surface area contributed by atoms with Crippen molar-refractivity contribution in [3.05, 3.63) is 77.9 Å². The van der Waals surface area contributed by atoms with E-state index in [1.54, 1.807) is 0 Å². The molecule has 0 aliphatic heterocycles. The van der Waals surface area contributed by atoms with Crippen LogP contribution in [0.2, 0.25) is 0 Å². The van der Waals surface area contributed by atoms with E-state index in [4.69, 9.17) is 9.47 Å². The van der Waals surface area contributed by atoms with Crippen molar-refractivity contribution < 1.29 is 29.0 Å². The third-order valence-corrected chi connectivity index (χ3v) is 7.92. The van der Waals surface area contributed by atoms with Crippen LogP contribution in [-0.4, -0.2) is 52.1 Å². The monoisotopic (exact) mass is 589 g/mol. The molecule has 0 saturated heterocycles. The van der Waals surface area contributed by atoms with Gasteiger partial charge in [-0.1, -0.05) is 113 Å². The van der Waals surface area contributed by atoms with Gasteiger partial charge in [0.15, 0.2) is 0 Å². The molecule has 2 aromatic carbocycles. The minimum Gasteiger partial charge on any atom is -0.480 e. The maximum Gasteiger partial charge on any atom is 0.419 e. The number of carboxylic acids is 1. The van der Waals surface area contributed by atoms with Gasteiger partial charge in [-0.05, 0) is 28.7 Å². The summed E-state index contributed by atoms with van der Waals surface area (Å²) >= 11 is 0. The molecule has 0 unspecified atom stereocenters. The fourth-order valence-corrected chi connectivity index (χ4v) is 5.58. The second kappa shape index (κ2) is 16.5. The number of hydrogen-bond acceptors (Lipinski definition) is 6. The smallest absolute Gasteiger partial charge is 0.419 e. The Bertz CT molecular complexity index is 1310. The number of carboxylic acid groups (broad SMARTS) is 1. The van der Waals surface area contributed by atoms with Gasteiger partial charge in [-0.25, -0.2) is 23.9 Å². The van der Waals surface area contributed by atoms with E-state index in [9.17, 15) is 19.5 Å². The lowest BCUT2D eigenvalue weighted by Crippen LogP contribution is -2.43. The van der Waals surface area contributed by atoms with E-state index in [0.29, 0.717) is 12.3 Å². The zero-order valence-corrected chi connectivity index (χ0v) is 25.0. The van der Waals surface area contributed by atoms with Crippen LogP contribution in [0.5, 0.6) is 0 Å². The van der Waals surface area contributed by atoms with Crippen LogP contribution in [0.25, 0.3) is 11.1 Å². The molecule has 1 aromatic heterocycles. The lowest BCUT2D eigenvalue weighted by atomic mass is 9.98. The third kappa shape index (κ3) is 9.17. The molecule has 0 spiro atoms. The molecular weight excluding hydrogens is 546 g/mol. The van der Waals surface area contributed by atoms with Crippen molar-refractivity contribution in [3.8, 4) is 11.1 Å². The second-order valence-electron chi connectivity index (χ2n) is 11.1. The number of ether oxygens (including phenoxy) is 2. The Morgan fingerprint density at radius 1 is 0.860 bits per heavy atom. The number of aromatic nitrogens is 2. The van der Waals surface area contributed by atoms with Crippen molar-refractivity contribution in [2.75, 3.05) is 13.2 Å². The molecule has 1 heterocycles. The summed E-state index contributed by atoms with van der Waals surface area (Å²) in [4.78, 5) is 41.1. The summed E-state index contributed by atoms with van der Waals surface area (Å²) in [6.07, 6.45) is 13.2.